The maximum atomic E-state index is 11.7. The Labute approximate surface area is 119 Å². The molecule has 0 aliphatic heterocycles. The summed E-state index contributed by atoms with van der Waals surface area (Å²) in [5.41, 5.74) is 3.19. The number of aromatic amines is 1. The van der Waals surface area contributed by atoms with Gasteiger partial charge < -0.3 is 5.32 Å². The van der Waals surface area contributed by atoms with Gasteiger partial charge in [0.25, 0.3) is 0 Å². The number of amides is 1. The third-order valence-electron chi connectivity index (χ3n) is 3.49. The van der Waals surface area contributed by atoms with Crippen LogP contribution in [0.15, 0.2) is 36.5 Å². The van der Waals surface area contributed by atoms with Crippen LogP contribution in [0.5, 0.6) is 0 Å². The van der Waals surface area contributed by atoms with Gasteiger partial charge in [-0.2, -0.15) is 5.10 Å². The second-order valence-corrected chi connectivity index (χ2v) is 5.16. The van der Waals surface area contributed by atoms with E-state index in [1.165, 1.54) is 0 Å². The fourth-order valence-corrected chi connectivity index (χ4v) is 1.95. The molecule has 2 rings (SSSR count). The van der Waals surface area contributed by atoms with Crippen molar-refractivity contribution in [3.8, 4) is 11.3 Å². The molecule has 0 aliphatic rings. The molecule has 1 amide bonds. The lowest BCUT2D eigenvalue weighted by atomic mass is 10.0. The molecule has 1 unspecified atom stereocenters. The van der Waals surface area contributed by atoms with Crippen molar-refractivity contribution in [2.24, 2.45) is 5.92 Å². The monoisotopic (exact) mass is 271 g/mol. The van der Waals surface area contributed by atoms with Crippen molar-refractivity contribution < 1.29 is 4.79 Å². The minimum atomic E-state index is 0.122. The quantitative estimate of drug-likeness (QED) is 0.848. The summed E-state index contributed by atoms with van der Waals surface area (Å²) in [5.74, 6) is 0.565. The Morgan fingerprint density at radius 1 is 1.30 bits per heavy atom. The van der Waals surface area contributed by atoms with Crippen molar-refractivity contribution in [2.75, 3.05) is 0 Å². The number of hydrogen-bond acceptors (Lipinski definition) is 2. The van der Waals surface area contributed by atoms with Gasteiger partial charge in [-0.25, -0.2) is 0 Å². The van der Waals surface area contributed by atoms with Crippen LogP contribution in [0.25, 0.3) is 11.3 Å². The average molecular weight is 271 g/mol. The summed E-state index contributed by atoms with van der Waals surface area (Å²) < 4.78 is 0. The fraction of sp³-hybridized carbons (Fsp3) is 0.375. The minimum Gasteiger partial charge on any atom is -0.352 e. The van der Waals surface area contributed by atoms with Crippen LogP contribution in [0.2, 0.25) is 0 Å². The van der Waals surface area contributed by atoms with Crippen LogP contribution in [0.1, 0.15) is 32.3 Å². The Kier molecular flexibility index (Phi) is 4.93. The maximum Gasteiger partial charge on any atom is 0.220 e. The van der Waals surface area contributed by atoms with E-state index in [0.29, 0.717) is 18.9 Å². The van der Waals surface area contributed by atoms with E-state index in [9.17, 15) is 4.79 Å². The number of carbonyl (C=O) groups excluding carboxylic acids is 1. The van der Waals surface area contributed by atoms with Crippen LogP contribution < -0.4 is 5.32 Å². The van der Waals surface area contributed by atoms with Crippen LogP contribution in [-0.4, -0.2) is 16.1 Å². The van der Waals surface area contributed by atoms with Gasteiger partial charge in [-0.1, -0.05) is 44.5 Å². The summed E-state index contributed by atoms with van der Waals surface area (Å²) >= 11 is 0. The van der Waals surface area contributed by atoms with Gasteiger partial charge in [-0.15, -0.1) is 0 Å². The highest BCUT2D eigenvalue weighted by molar-refractivity contribution is 5.76. The lowest BCUT2D eigenvalue weighted by Gasteiger charge is -2.09. The molecule has 2 aromatic rings. The van der Waals surface area contributed by atoms with Crippen LogP contribution in [0.3, 0.4) is 0 Å². The summed E-state index contributed by atoms with van der Waals surface area (Å²) in [7, 11) is 0. The zero-order chi connectivity index (χ0) is 14.4. The van der Waals surface area contributed by atoms with Crippen molar-refractivity contribution in [1.82, 2.24) is 15.5 Å². The molecule has 0 radical (unpaired) electrons. The SMILES string of the molecule is CCC(C)CC(=O)NCc1ccc(-c2ccn[nH]2)cc1. The molecule has 1 atom stereocenters. The predicted molar refractivity (Wildman–Crippen MR) is 79.9 cm³/mol. The Morgan fingerprint density at radius 2 is 2.05 bits per heavy atom. The summed E-state index contributed by atoms with van der Waals surface area (Å²) in [6.45, 7) is 4.78. The molecule has 0 fully saturated rings. The first kappa shape index (κ1) is 14.3. The van der Waals surface area contributed by atoms with Crippen molar-refractivity contribution in [3.05, 3.63) is 42.1 Å². The number of aromatic nitrogens is 2. The van der Waals surface area contributed by atoms with Crippen LogP contribution in [0, 0.1) is 5.92 Å². The topological polar surface area (TPSA) is 57.8 Å². The number of hydrogen-bond donors (Lipinski definition) is 2. The summed E-state index contributed by atoms with van der Waals surface area (Å²) in [4.78, 5) is 11.7. The molecule has 1 aromatic carbocycles. The number of carbonyl (C=O) groups is 1. The van der Waals surface area contributed by atoms with Crippen LogP contribution in [-0.2, 0) is 11.3 Å². The van der Waals surface area contributed by atoms with E-state index in [0.717, 1.165) is 23.2 Å². The molecule has 4 nitrogen and oxygen atoms in total. The highest BCUT2D eigenvalue weighted by Gasteiger charge is 2.06. The van der Waals surface area contributed by atoms with Gasteiger partial charge in [-0.05, 0) is 23.1 Å². The number of rotatable bonds is 6. The first-order chi connectivity index (χ1) is 9.69. The van der Waals surface area contributed by atoms with E-state index in [1.807, 2.05) is 30.3 Å². The molecule has 0 bridgehead atoms. The van der Waals surface area contributed by atoms with Gasteiger partial charge in [0.2, 0.25) is 5.91 Å². The summed E-state index contributed by atoms with van der Waals surface area (Å²) in [6.07, 6.45) is 3.37. The van der Waals surface area contributed by atoms with Gasteiger partial charge in [0.15, 0.2) is 0 Å². The molecule has 1 heterocycles. The maximum absolute atomic E-state index is 11.7. The van der Waals surface area contributed by atoms with E-state index >= 15 is 0 Å². The first-order valence-corrected chi connectivity index (χ1v) is 7.04. The largest absolute Gasteiger partial charge is 0.352 e. The minimum absolute atomic E-state index is 0.122. The first-order valence-electron chi connectivity index (χ1n) is 7.04. The smallest absolute Gasteiger partial charge is 0.220 e. The second-order valence-electron chi connectivity index (χ2n) is 5.16. The van der Waals surface area contributed by atoms with Crippen molar-refractivity contribution in [1.29, 1.82) is 0 Å². The lowest BCUT2D eigenvalue weighted by Crippen LogP contribution is -2.24. The number of benzene rings is 1. The number of nitrogens with one attached hydrogen (secondary N) is 2. The number of H-pyrrole nitrogens is 1. The van der Waals surface area contributed by atoms with Crippen LogP contribution in [0.4, 0.5) is 0 Å². The second kappa shape index (κ2) is 6.89. The molecule has 1 aromatic heterocycles. The molecule has 106 valence electrons. The highest BCUT2D eigenvalue weighted by Crippen LogP contribution is 2.16. The Balaban J connectivity index is 1.87. The molecule has 0 saturated heterocycles. The Bertz CT molecular complexity index is 531. The lowest BCUT2D eigenvalue weighted by molar-refractivity contribution is -0.122. The van der Waals surface area contributed by atoms with Gasteiger partial charge in [0, 0.05) is 19.2 Å². The molecule has 4 heteroatoms. The molecule has 0 saturated carbocycles. The van der Waals surface area contributed by atoms with E-state index in [1.54, 1.807) is 6.20 Å². The molecule has 20 heavy (non-hydrogen) atoms. The van der Waals surface area contributed by atoms with Crippen LogP contribution >= 0.6 is 0 Å². The summed E-state index contributed by atoms with van der Waals surface area (Å²) in [5, 5.41) is 9.82. The van der Waals surface area contributed by atoms with E-state index < -0.39 is 0 Å². The van der Waals surface area contributed by atoms with Crippen molar-refractivity contribution in [2.45, 2.75) is 33.2 Å². The Hall–Kier alpha value is -2.10. The molecular formula is C16H21N3O. The third kappa shape index (κ3) is 3.95. The zero-order valence-electron chi connectivity index (χ0n) is 12.0. The molecule has 2 N–H and O–H groups in total. The molecule has 0 aliphatic carbocycles. The van der Waals surface area contributed by atoms with Crippen molar-refractivity contribution in [3.63, 3.8) is 0 Å². The number of nitrogens with zero attached hydrogens (tertiary/aromatic N) is 1. The summed E-state index contributed by atoms with van der Waals surface area (Å²) in [6, 6.07) is 10.1. The molecular weight excluding hydrogens is 250 g/mol. The van der Waals surface area contributed by atoms with E-state index in [-0.39, 0.29) is 5.91 Å². The Morgan fingerprint density at radius 3 is 2.65 bits per heavy atom. The predicted octanol–water partition coefficient (Wildman–Crippen LogP) is 3.13. The van der Waals surface area contributed by atoms with Gasteiger partial charge in [-0.3, -0.25) is 9.89 Å². The normalized spacial score (nSPS) is 12.1. The average Bonchev–Trinajstić information content (AvgIpc) is 2.99. The van der Waals surface area contributed by atoms with E-state index in [2.05, 4.69) is 29.4 Å². The van der Waals surface area contributed by atoms with Gasteiger partial charge in [0.05, 0.1) is 5.69 Å². The van der Waals surface area contributed by atoms with E-state index in [4.69, 9.17) is 0 Å². The van der Waals surface area contributed by atoms with Gasteiger partial charge in [0.1, 0.15) is 0 Å². The fourth-order valence-electron chi connectivity index (χ4n) is 1.95. The van der Waals surface area contributed by atoms with Gasteiger partial charge >= 0.3 is 0 Å². The standard InChI is InChI=1S/C16H21N3O/c1-3-12(2)10-16(20)17-11-13-4-6-14(7-5-13)15-8-9-18-19-15/h4-9,12H,3,10-11H2,1-2H3,(H,17,20)(H,18,19). The molecule has 0 spiro atoms. The highest BCUT2D eigenvalue weighted by atomic mass is 16.1. The third-order valence-corrected chi connectivity index (χ3v) is 3.49. The zero-order valence-corrected chi connectivity index (χ0v) is 12.0. The van der Waals surface area contributed by atoms with Crippen molar-refractivity contribution >= 4 is 5.91 Å².